The molecule has 3 nitrogen and oxygen atoms in total. The molecule has 0 saturated carbocycles. The molecule has 0 unspecified atom stereocenters. The van der Waals surface area contributed by atoms with Crippen molar-refractivity contribution >= 4 is 9.84 Å². The highest BCUT2D eigenvalue weighted by Crippen LogP contribution is 2.15. The van der Waals surface area contributed by atoms with Crippen LogP contribution < -0.4 is 5.32 Å². The average Bonchev–Trinajstić information content (AvgIpc) is 2.12. The van der Waals surface area contributed by atoms with Crippen molar-refractivity contribution in [1.82, 2.24) is 5.32 Å². The lowest BCUT2D eigenvalue weighted by Crippen LogP contribution is -2.10. The summed E-state index contributed by atoms with van der Waals surface area (Å²) in [6.45, 7) is 0.734. The summed E-state index contributed by atoms with van der Waals surface area (Å²) in [4.78, 5) is -0.240. The van der Waals surface area contributed by atoms with Crippen LogP contribution in [0.1, 0.15) is 5.56 Å². The van der Waals surface area contributed by atoms with Crippen molar-refractivity contribution < 1.29 is 12.8 Å². The second kappa shape index (κ2) is 4.72. The standard InChI is InChI=1S/C10H14FNO2S/c1-12-6-5-8-3-4-10(9(11)7-8)15(2,13)14/h3-4,7,12H,5-6H2,1-2H3. The van der Waals surface area contributed by atoms with Gasteiger partial charge in [0.05, 0.1) is 0 Å². The molecule has 0 aliphatic heterocycles. The van der Waals surface area contributed by atoms with Gasteiger partial charge in [-0.25, -0.2) is 12.8 Å². The van der Waals surface area contributed by atoms with Crippen molar-refractivity contribution in [3.05, 3.63) is 29.6 Å². The first kappa shape index (κ1) is 12.1. The quantitative estimate of drug-likeness (QED) is 0.840. The van der Waals surface area contributed by atoms with Gasteiger partial charge in [0.1, 0.15) is 10.7 Å². The van der Waals surface area contributed by atoms with Crippen LogP contribution in [0, 0.1) is 5.82 Å². The molecule has 0 bridgehead atoms. The number of halogens is 1. The van der Waals surface area contributed by atoms with Gasteiger partial charge < -0.3 is 5.32 Å². The summed E-state index contributed by atoms with van der Waals surface area (Å²) in [5.41, 5.74) is 0.786. The van der Waals surface area contributed by atoms with Gasteiger partial charge in [-0.15, -0.1) is 0 Å². The Bertz CT molecular complexity index is 443. The van der Waals surface area contributed by atoms with E-state index >= 15 is 0 Å². The summed E-state index contributed by atoms with van der Waals surface area (Å²) in [5, 5.41) is 2.94. The number of hydrogen-bond acceptors (Lipinski definition) is 3. The Kier molecular flexibility index (Phi) is 3.82. The van der Waals surface area contributed by atoms with Crippen molar-refractivity contribution in [2.24, 2.45) is 0 Å². The lowest BCUT2D eigenvalue weighted by atomic mass is 10.1. The number of rotatable bonds is 4. The number of hydrogen-bond donors (Lipinski definition) is 1. The Labute approximate surface area is 89.2 Å². The number of nitrogens with one attached hydrogen (secondary N) is 1. The van der Waals surface area contributed by atoms with Gasteiger partial charge in [-0.3, -0.25) is 0 Å². The lowest BCUT2D eigenvalue weighted by molar-refractivity contribution is 0.569. The van der Waals surface area contributed by atoms with Gasteiger partial charge in [-0.05, 0) is 37.7 Å². The first-order valence-electron chi connectivity index (χ1n) is 4.58. The maximum absolute atomic E-state index is 13.4. The molecule has 1 aromatic rings. The van der Waals surface area contributed by atoms with Crippen LogP contribution in [0.3, 0.4) is 0 Å². The molecule has 5 heteroatoms. The highest BCUT2D eigenvalue weighted by atomic mass is 32.2. The van der Waals surface area contributed by atoms with Crippen LogP contribution in [-0.4, -0.2) is 28.3 Å². The Balaban J connectivity index is 2.99. The monoisotopic (exact) mass is 231 g/mol. The molecule has 1 aromatic carbocycles. The van der Waals surface area contributed by atoms with Gasteiger partial charge in [0.25, 0.3) is 0 Å². The van der Waals surface area contributed by atoms with Crippen LogP contribution in [-0.2, 0) is 16.3 Å². The maximum atomic E-state index is 13.4. The summed E-state index contributed by atoms with van der Waals surface area (Å²) in [7, 11) is -1.65. The highest BCUT2D eigenvalue weighted by Gasteiger charge is 2.13. The first-order valence-corrected chi connectivity index (χ1v) is 6.47. The third-order valence-corrected chi connectivity index (χ3v) is 3.19. The summed E-state index contributed by atoms with van der Waals surface area (Å²) >= 11 is 0. The summed E-state index contributed by atoms with van der Waals surface area (Å²) in [5.74, 6) is -0.675. The fourth-order valence-corrected chi connectivity index (χ4v) is 2.00. The minimum Gasteiger partial charge on any atom is -0.319 e. The van der Waals surface area contributed by atoms with E-state index in [1.54, 1.807) is 13.1 Å². The van der Waals surface area contributed by atoms with E-state index < -0.39 is 15.7 Å². The Morgan fingerprint density at radius 1 is 1.40 bits per heavy atom. The average molecular weight is 231 g/mol. The van der Waals surface area contributed by atoms with Gasteiger partial charge in [-0.2, -0.15) is 0 Å². The largest absolute Gasteiger partial charge is 0.319 e. The van der Waals surface area contributed by atoms with Crippen LogP contribution in [0.2, 0.25) is 0 Å². The summed E-state index contributed by atoms with van der Waals surface area (Å²) in [6.07, 6.45) is 1.68. The van der Waals surface area contributed by atoms with E-state index in [9.17, 15) is 12.8 Å². The fraction of sp³-hybridized carbons (Fsp3) is 0.400. The van der Waals surface area contributed by atoms with E-state index in [1.165, 1.54) is 12.1 Å². The fourth-order valence-electron chi connectivity index (χ4n) is 1.27. The molecule has 0 atom stereocenters. The predicted molar refractivity (Wildman–Crippen MR) is 57.1 cm³/mol. The van der Waals surface area contributed by atoms with Crippen molar-refractivity contribution in [1.29, 1.82) is 0 Å². The molecule has 0 spiro atoms. The van der Waals surface area contributed by atoms with Crippen LogP contribution in [0.4, 0.5) is 4.39 Å². The van der Waals surface area contributed by atoms with E-state index in [-0.39, 0.29) is 4.90 Å². The molecular weight excluding hydrogens is 217 g/mol. The zero-order valence-corrected chi connectivity index (χ0v) is 9.57. The molecule has 0 fully saturated rings. The molecule has 0 aromatic heterocycles. The Hall–Kier alpha value is -0.940. The van der Waals surface area contributed by atoms with Crippen LogP contribution >= 0.6 is 0 Å². The van der Waals surface area contributed by atoms with Crippen molar-refractivity contribution in [2.75, 3.05) is 19.8 Å². The number of benzene rings is 1. The van der Waals surface area contributed by atoms with Crippen molar-refractivity contribution in [2.45, 2.75) is 11.3 Å². The molecule has 1 N–H and O–H groups in total. The second-order valence-corrected chi connectivity index (χ2v) is 5.37. The van der Waals surface area contributed by atoms with Gasteiger partial charge in [0.15, 0.2) is 9.84 Å². The van der Waals surface area contributed by atoms with E-state index in [0.717, 1.165) is 18.4 Å². The van der Waals surface area contributed by atoms with Gasteiger partial charge in [0.2, 0.25) is 0 Å². The normalized spacial score (nSPS) is 11.7. The van der Waals surface area contributed by atoms with Gasteiger partial charge in [0, 0.05) is 6.26 Å². The maximum Gasteiger partial charge on any atom is 0.178 e. The molecule has 15 heavy (non-hydrogen) atoms. The van der Waals surface area contributed by atoms with Crippen LogP contribution in [0.25, 0.3) is 0 Å². The second-order valence-electron chi connectivity index (χ2n) is 3.39. The van der Waals surface area contributed by atoms with Crippen LogP contribution in [0.5, 0.6) is 0 Å². The molecule has 0 aliphatic rings. The highest BCUT2D eigenvalue weighted by molar-refractivity contribution is 7.90. The van der Waals surface area contributed by atoms with Crippen LogP contribution in [0.15, 0.2) is 23.1 Å². The van der Waals surface area contributed by atoms with E-state index in [0.29, 0.717) is 6.42 Å². The summed E-state index contributed by atoms with van der Waals surface area (Å²) < 4.78 is 35.6. The number of likely N-dealkylation sites (N-methyl/N-ethyl adjacent to an activating group) is 1. The molecule has 1 rings (SSSR count). The Morgan fingerprint density at radius 2 is 2.07 bits per heavy atom. The first-order chi connectivity index (χ1) is 6.95. The lowest BCUT2D eigenvalue weighted by Gasteiger charge is -2.04. The summed E-state index contributed by atoms with van der Waals surface area (Å²) in [6, 6.07) is 4.22. The van der Waals surface area contributed by atoms with E-state index in [2.05, 4.69) is 5.32 Å². The third kappa shape index (κ3) is 3.28. The van der Waals surface area contributed by atoms with Gasteiger partial charge in [-0.1, -0.05) is 6.07 Å². The zero-order chi connectivity index (χ0) is 11.5. The van der Waals surface area contributed by atoms with E-state index in [1.807, 2.05) is 0 Å². The SMILES string of the molecule is CNCCc1ccc(S(C)(=O)=O)c(F)c1. The molecule has 0 aliphatic carbocycles. The zero-order valence-electron chi connectivity index (χ0n) is 8.75. The molecule has 0 amide bonds. The topological polar surface area (TPSA) is 46.2 Å². The van der Waals surface area contributed by atoms with Gasteiger partial charge >= 0.3 is 0 Å². The van der Waals surface area contributed by atoms with Crippen molar-refractivity contribution in [3.8, 4) is 0 Å². The molecule has 0 radical (unpaired) electrons. The van der Waals surface area contributed by atoms with Crippen molar-refractivity contribution in [3.63, 3.8) is 0 Å². The Morgan fingerprint density at radius 3 is 2.53 bits per heavy atom. The predicted octanol–water partition coefficient (Wildman–Crippen LogP) is 0.991. The smallest absolute Gasteiger partial charge is 0.178 e. The molecular formula is C10H14FNO2S. The third-order valence-electron chi connectivity index (χ3n) is 2.06. The minimum absolute atomic E-state index is 0.240. The molecule has 0 saturated heterocycles. The molecule has 0 heterocycles. The number of sulfone groups is 1. The molecule has 84 valence electrons. The minimum atomic E-state index is -3.46. The van der Waals surface area contributed by atoms with E-state index in [4.69, 9.17) is 0 Å².